The fourth-order valence-corrected chi connectivity index (χ4v) is 8.42. The number of rotatable bonds is 53. The summed E-state index contributed by atoms with van der Waals surface area (Å²) >= 11 is 0. The average Bonchev–Trinajstić information content (AvgIpc) is 3.34. The van der Waals surface area contributed by atoms with Gasteiger partial charge >= 0.3 is 17.9 Å². The molecule has 1 atom stereocenters. The van der Waals surface area contributed by atoms with E-state index in [2.05, 4.69) is 81.5 Å². The Morgan fingerprint density at radius 3 is 0.882 bits per heavy atom. The van der Waals surface area contributed by atoms with Crippen LogP contribution in [0, 0.1) is 0 Å². The molecule has 0 rings (SSSR count). The van der Waals surface area contributed by atoms with E-state index in [4.69, 9.17) is 14.2 Å². The molecule has 0 aliphatic heterocycles. The van der Waals surface area contributed by atoms with Crippen LogP contribution >= 0.6 is 0 Å². The summed E-state index contributed by atoms with van der Waals surface area (Å²) in [5, 5.41) is 0. The van der Waals surface area contributed by atoms with Crippen LogP contribution < -0.4 is 0 Å². The average molecular weight is 952 g/mol. The molecule has 0 aromatic heterocycles. The standard InChI is InChI=1S/C62H110O6/c1-4-7-10-13-16-19-22-25-28-30-32-34-37-40-43-46-49-52-55-61(64)67-58-59(57-66-60(63)54-51-48-45-42-39-36-33-27-24-21-18-15-12-9-6-3)68-62(65)56-53-50-47-44-41-38-35-31-29-26-23-20-17-14-11-8-5-2/h8,11,17,20,26,29,35,38,44,47,59H,4-7,9-10,12-16,18-19,21-25,27-28,30-34,36-37,39-43,45-46,48-58H2,1-3H3/b11-8-,20-17-,29-26-,38-35-,47-44-/t59-/m1/s1. The van der Waals surface area contributed by atoms with Gasteiger partial charge in [-0.3, -0.25) is 14.4 Å². The van der Waals surface area contributed by atoms with Crippen molar-refractivity contribution in [3.05, 3.63) is 60.8 Å². The fourth-order valence-electron chi connectivity index (χ4n) is 8.42. The number of hydrogen-bond donors (Lipinski definition) is 0. The lowest BCUT2D eigenvalue weighted by atomic mass is 10.0. The van der Waals surface area contributed by atoms with Crippen LogP contribution in [0.15, 0.2) is 60.8 Å². The first-order valence-corrected chi connectivity index (χ1v) is 29.3. The third-order valence-electron chi connectivity index (χ3n) is 12.8. The normalized spacial score (nSPS) is 12.5. The molecule has 394 valence electrons. The number of ether oxygens (including phenoxy) is 3. The maximum absolute atomic E-state index is 12.8. The van der Waals surface area contributed by atoms with Gasteiger partial charge in [0.05, 0.1) is 0 Å². The van der Waals surface area contributed by atoms with E-state index < -0.39 is 6.10 Å². The van der Waals surface area contributed by atoms with Gasteiger partial charge in [-0.1, -0.05) is 281 Å². The third-order valence-corrected chi connectivity index (χ3v) is 12.8. The maximum atomic E-state index is 12.8. The number of esters is 3. The van der Waals surface area contributed by atoms with Gasteiger partial charge in [0.25, 0.3) is 0 Å². The number of carbonyl (C=O) groups excluding carboxylic acids is 3. The molecule has 0 aromatic rings. The van der Waals surface area contributed by atoms with Gasteiger partial charge < -0.3 is 14.2 Å². The lowest BCUT2D eigenvalue weighted by molar-refractivity contribution is -0.167. The van der Waals surface area contributed by atoms with Gasteiger partial charge in [0.15, 0.2) is 6.10 Å². The molecule has 0 saturated heterocycles. The molecule has 0 saturated carbocycles. The molecule has 0 aromatic carbocycles. The molecule has 0 radical (unpaired) electrons. The third kappa shape index (κ3) is 54.1. The number of unbranched alkanes of at least 4 members (excludes halogenated alkanes) is 32. The van der Waals surface area contributed by atoms with Crippen molar-refractivity contribution in [1.29, 1.82) is 0 Å². The summed E-state index contributed by atoms with van der Waals surface area (Å²) in [6.45, 7) is 6.52. The van der Waals surface area contributed by atoms with Crippen LogP contribution in [0.4, 0.5) is 0 Å². The molecular formula is C62H110O6. The van der Waals surface area contributed by atoms with E-state index >= 15 is 0 Å². The highest BCUT2D eigenvalue weighted by Crippen LogP contribution is 2.17. The second kappa shape index (κ2) is 56.7. The molecule has 0 bridgehead atoms. The molecule has 0 aliphatic carbocycles. The molecule has 0 heterocycles. The van der Waals surface area contributed by atoms with Crippen molar-refractivity contribution < 1.29 is 28.6 Å². The van der Waals surface area contributed by atoms with Crippen LogP contribution in [0.25, 0.3) is 0 Å². The van der Waals surface area contributed by atoms with Crippen LogP contribution in [0.3, 0.4) is 0 Å². The SMILES string of the molecule is CC/C=C\C/C=C\C/C=C\C/C=C\C/C=C\CCCC(=O)O[C@H](COC(=O)CCCCCCCCCCCCCCCCC)COC(=O)CCCCCCCCCCCCCCCCCCCC. The summed E-state index contributed by atoms with van der Waals surface area (Å²) in [5.41, 5.74) is 0. The zero-order valence-electron chi connectivity index (χ0n) is 45.1. The van der Waals surface area contributed by atoms with Gasteiger partial charge in [-0.2, -0.15) is 0 Å². The van der Waals surface area contributed by atoms with E-state index in [9.17, 15) is 14.4 Å². The minimum Gasteiger partial charge on any atom is -0.462 e. The molecule has 6 heteroatoms. The van der Waals surface area contributed by atoms with Crippen LogP contribution in [0.1, 0.15) is 297 Å². The summed E-state index contributed by atoms with van der Waals surface area (Å²) in [7, 11) is 0. The quantitative estimate of drug-likeness (QED) is 0.0262. The zero-order chi connectivity index (χ0) is 49.3. The number of allylic oxidation sites excluding steroid dienone is 10. The Kier molecular flexibility index (Phi) is 54.3. The molecule has 0 fully saturated rings. The topological polar surface area (TPSA) is 78.9 Å². The van der Waals surface area contributed by atoms with Crippen LogP contribution in [-0.2, 0) is 28.6 Å². The minimum atomic E-state index is -0.800. The van der Waals surface area contributed by atoms with Gasteiger partial charge in [-0.05, 0) is 57.8 Å². The second-order valence-electron chi connectivity index (χ2n) is 19.5. The van der Waals surface area contributed by atoms with Crippen LogP contribution in [0.5, 0.6) is 0 Å². The van der Waals surface area contributed by atoms with Crippen molar-refractivity contribution in [2.75, 3.05) is 13.2 Å². The van der Waals surface area contributed by atoms with Crippen molar-refractivity contribution >= 4 is 17.9 Å². The molecule has 0 N–H and O–H groups in total. The predicted molar refractivity (Wildman–Crippen MR) is 293 cm³/mol. The first kappa shape index (κ1) is 65.1. The van der Waals surface area contributed by atoms with Crippen LogP contribution in [-0.4, -0.2) is 37.2 Å². The Labute approximate surface area is 421 Å². The highest BCUT2D eigenvalue weighted by atomic mass is 16.6. The summed E-state index contributed by atoms with van der Waals surface area (Å²) in [4.78, 5) is 38.2. The molecule has 6 nitrogen and oxygen atoms in total. The summed E-state index contributed by atoms with van der Waals surface area (Å²) in [6.07, 6.45) is 70.8. The maximum Gasteiger partial charge on any atom is 0.306 e. The minimum absolute atomic E-state index is 0.0926. The largest absolute Gasteiger partial charge is 0.462 e. The van der Waals surface area contributed by atoms with Gasteiger partial charge in [0.2, 0.25) is 0 Å². The zero-order valence-corrected chi connectivity index (χ0v) is 45.1. The Bertz CT molecular complexity index is 1230. The van der Waals surface area contributed by atoms with E-state index in [1.807, 2.05) is 0 Å². The van der Waals surface area contributed by atoms with Gasteiger partial charge in [0, 0.05) is 19.3 Å². The van der Waals surface area contributed by atoms with Crippen molar-refractivity contribution in [2.45, 2.75) is 303 Å². The monoisotopic (exact) mass is 951 g/mol. The smallest absolute Gasteiger partial charge is 0.306 e. The van der Waals surface area contributed by atoms with E-state index in [-0.39, 0.29) is 37.5 Å². The molecular weight excluding hydrogens is 841 g/mol. The Morgan fingerprint density at radius 2 is 0.574 bits per heavy atom. The lowest BCUT2D eigenvalue weighted by Crippen LogP contribution is -2.30. The number of hydrogen-bond acceptors (Lipinski definition) is 6. The number of carbonyl (C=O) groups is 3. The van der Waals surface area contributed by atoms with Crippen molar-refractivity contribution in [3.63, 3.8) is 0 Å². The van der Waals surface area contributed by atoms with E-state index in [0.717, 1.165) is 77.0 Å². The highest BCUT2D eigenvalue weighted by Gasteiger charge is 2.19. The van der Waals surface area contributed by atoms with Crippen molar-refractivity contribution in [2.24, 2.45) is 0 Å². The predicted octanol–water partition coefficient (Wildman–Crippen LogP) is 19.6. The molecule has 68 heavy (non-hydrogen) atoms. The molecule has 0 spiro atoms. The summed E-state index contributed by atoms with van der Waals surface area (Å²) < 4.78 is 16.8. The van der Waals surface area contributed by atoms with E-state index in [1.165, 1.54) is 173 Å². The summed E-state index contributed by atoms with van der Waals surface area (Å²) in [5.74, 6) is -0.935. The first-order chi connectivity index (χ1) is 33.5. The van der Waals surface area contributed by atoms with Crippen LogP contribution in [0.2, 0.25) is 0 Å². The van der Waals surface area contributed by atoms with Crippen molar-refractivity contribution in [3.8, 4) is 0 Å². The Balaban J connectivity index is 4.42. The highest BCUT2D eigenvalue weighted by molar-refractivity contribution is 5.71. The van der Waals surface area contributed by atoms with Crippen molar-refractivity contribution in [1.82, 2.24) is 0 Å². The Morgan fingerprint density at radius 1 is 0.309 bits per heavy atom. The van der Waals surface area contributed by atoms with E-state index in [1.54, 1.807) is 0 Å². The molecule has 0 aliphatic rings. The molecule has 0 unspecified atom stereocenters. The fraction of sp³-hybridized carbons (Fsp3) is 0.790. The Hall–Kier alpha value is -2.89. The van der Waals surface area contributed by atoms with Gasteiger partial charge in [-0.15, -0.1) is 0 Å². The first-order valence-electron chi connectivity index (χ1n) is 29.3. The van der Waals surface area contributed by atoms with Gasteiger partial charge in [-0.25, -0.2) is 0 Å². The lowest BCUT2D eigenvalue weighted by Gasteiger charge is -2.18. The molecule has 0 amide bonds. The van der Waals surface area contributed by atoms with E-state index in [0.29, 0.717) is 19.3 Å². The van der Waals surface area contributed by atoms with Gasteiger partial charge in [0.1, 0.15) is 13.2 Å². The second-order valence-corrected chi connectivity index (χ2v) is 19.5. The summed E-state index contributed by atoms with van der Waals surface area (Å²) in [6, 6.07) is 0.